The molecule has 2 aliphatic rings. The van der Waals surface area contributed by atoms with Gasteiger partial charge in [0, 0.05) is 17.5 Å². The van der Waals surface area contributed by atoms with E-state index in [1.54, 1.807) is 6.08 Å². The van der Waals surface area contributed by atoms with Gasteiger partial charge in [-0.3, -0.25) is 4.79 Å². The van der Waals surface area contributed by atoms with Gasteiger partial charge in [-0.05, 0) is 30.9 Å². The molecule has 34 heavy (non-hydrogen) atoms. The monoisotopic (exact) mass is 498 g/mol. The Hall–Kier alpha value is -3.19. The molecule has 1 aromatic carbocycles. The Morgan fingerprint density at radius 2 is 2.06 bits per heavy atom. The lowest BCUT2D eigenvalue weighted by atomic mass is 9.99. The van der Waals surface area contributed by atoms with Crippen molar-refractivity contribution in [2.24, 2.45) is 0 Å². The molecule has 1 aliphatic carbocycles. The van der Waals surface area contributed by atoms with Gasteiger partial charge in [-0.1, -0.05) is 6.08 Å². The molecule has 13 heteroatoms. The lowest BCUT2D eigenvalue weighted by Gasteiger charge is -2.21. The molecule has 1 saturated carbocycles. The van der Waals surface area contributed by atoms with E-state index in [2.05, 4.69) is 15.3 Å². The Balaban J connectivity index is 1.79. The van der Waals surface area contributed by atoms with Crippen LogP contribution in [0, 0.1) is 5.82 Å². The quantitative estimate of drug-likeness (QED) is 0.569. The number of anilines is 2. The van der Waals surface area contributed by atoms with E-state index in [4.69, 9.17) is 9.47 Å². The van der Waals surface area contributed by atoms with Crippen LogP contribution in [0.25, 0.3) is 5.57 Å². The second-order valence-corrected chi connectivity index (χ2v) is 9.61. The van der Waals surface area contributed by atoms with Crippen LogP contribution < -0.4 is 14.8 Å². The zero-order valence-electron chi connectivity index (χ0n) is 18.0. The number of hydrogen-bond acceptors (Lipinski definition) is 8. The van der Waals surface area contributed by atoms with Crippen LogP contribution in [0.2, 0.25) is 0 Å². The number of aromatic nitrogens is 2. The van der Waals surface area contributed by atoms with Crippen LogP contribution in [-0.4, -0.2) is 50.4 Å². The molecule has 2 N–H and O–H groups in total. The van der Waals surface area contributed by atoms with E-state index in [0.717, 1.165) is 31.2 Å². The number of carbonyl (C=O) groups excluding carboxylic acids is 1. The Bertz CT molecular complexity index is 1250. The molecular formula is C21H21F3N4O5S. The first-order valence-corrected chi connectivity index (χ1v) is 12.2. The van der Waals surface area contributed by atoms with E-state index in [-0.39, 0.29) is 41.0 Å². The number of carbonyl (C=O) groups is 1. The van der Waals surface area contributed by atoms with E-state index >= 15 is 0 Å². The summed E-state index contributed by atoms with van der Waals surface area (Å²) in [6.45, 7) is -2.67. The van der Waals surface area contributed by atoms with Gasteiger partial charge in [0.1, 0.15) is 5.82 Å². The number of halogens is 3. The maximum atomic E-state index is 14.5. The predicted octanol–water partition coefficient (Wildman–Crippen LogP) is 3.33. The summed E-state index contributed by atoms with van der Waals surface area (Å²) < 4.78 is 76.0. The van der Waals surface area contributed by atoms with Crippen LogP contribution in [0.15, 0.2) is 24.4 Å². The van der Waals surface area contributed by atoms with Crippen molar-refractivity contribution in [2.75, 3.05) is 24.8 Å². The number of benzene rings is 1. The van der Waals surface area contributed by atoms with Crippen molar-refractivity contribution in [3.05, 3.63) is 47.2 Å². The van der Waals surface area contributed by atoms with E-state index in [1.807, 2.05) is 4.72 Å². The van der Waals surface area contributed by atoms with Crippen molar-refractivity contribution in [1.82, 2.24) is 14.7 Å². The van der Waals surface area contributed by atoms with Crippen molar-refractivity contribution in [3.8, 4) is 5.75 Å². The summed E-state index contributed by atoms with van der Waals surface area (Å²) in [5, 5.41) is 2.63. The fourth-order valence-corrected chi connectivity index (χ4v) is 3.92. The molecule has 1 aromatic heterocycles. The van der Waals surface area contributed by atoms with Gasteiger partial charge in [0.05, 0.1) is 37.0 Å². The van der Waals surface area contributed by atoms with Crippen LogP contribution in [0.3, 0.4) is 0 Å². The molecule has 2 heterocycles. The number of hydrogen-bond donors (Lipinski definition) is 2. The van der Waals surface area contributed by atoms with Gasteiger partial charge in [0.15, 0.2) is 17.3 Å². The SMILES string of the molecule is CS(=O)(=O)NC(=O)c1nc(C2CC2)cnc1Nc1cc(F)cc(C2=CCOCC2)c1OC(F)F. The van der Waals surface area contributed by atoms with Crippen molar-refractivity contribution in [2.45, 2.75) is 31.8 Å². The number of amides is 1. The third-order valence-corrected chi connectivity index (χ3v) is 5.66. The molecule has 0 unspecified atom stereocenters. The summed E-state index contributed by atoms with van der Waals surface area (Å²) in [6.07, 6.45) is 5.85. The summed E-state index contributed by atoms with van der Waals surface area (Å²) in [4.78, 5) is 21.0. The zero-order chi connectivity index (χ0) is 24.5. The van der Waals surface area contributed by atoms with E-state index < -0.39 is 28.4 Å². The minimum atomic E-state index is -3.93. The van der Waals surface area contributed by atoms with Gasteiger partial charge in [-0.25, -0.2) is 27.5 Å². The number of sulfonamides is 1. The first-order chi connectivity index (χ1) is 16.1. The fraction of sp³-hybridized carbons (Fsp3) is 0.381. The Morgan fingerprint density at radius 3 is 2.68 bits per heavy atom. The largest absolute Gasteiger partial charge is 0.432 e. The molecule has 4 rings (SSSR count). The Morgan fingerprint density at radius 1 is 1.29 bits per heavy atom. The Kier molecular flexibility index (Phi) is 6.75. The number of ether oxygens (including phenoxy) is 2. The highest BCUT2D eigenvalue weighted by Crippen LogP contribution is 2.41. The standard InChI is InChI=1S/C21H21F3N4O5S/c1-34(30,31)28-20(29)17-19(25-10-16(26-17)12-2-3-12)27-15-9-13(22)8-14(18(15)33-21(23)24)11-4-6-32-7-5-11/h4,8-10,12,21H,2-3,5-7H2,1H3,(H,25,27)(H,28,29). The molecule has 2 aromatic rings. The molecule has 182 valence electrons. The van der Waals surface area contributed by atoms with Crippen molar-refractivity contribution >= 4 is 33.0 Å². The van der Waals surface area contributed by atoms with Crippen molar-refractivity contribution in [1.29, 1.82) is 0 Å². The molecule has 1 aliphatic heterocycles. The summed E-state index contributed by atoms with van der Waals surface area (Å²) in [5.74, 6) is -2.34. The normalized spacial score (nSPS) is 16.2. The maximum Gasteiger partial charge on any atom is 0.387 e. The lowest BCUT2D eigenvalue weighted by Crippen LogP contribution is -2.31. The molecule has 1 fully saturated rings. The average Bonchev–Trinajstić information content (AvgIpc) is 3.60. The molecule has 0 bridgehead atoms. The third-order valence-electron chi connectivity index (χ3n) is 5.10. The van der Waals surface area contributed by atoms with Gasteiger partial charge < -0.3 is 14.8 Å². The van der Waals surface area contributed by atoms with Crippen LogP contribution >= 0.6 is 0 Å². The molecule has 0 saturated heterocycles. The highest BCUT2D eigenvalue weighted by molar-refractivity contribution is 7.89. The number of rotatable bonds is 8. The summed E-state index contributed by atoms with van der Waals surface area (Å²) >= 11 is 0. The smallest absolute Gasteiger partial charge is 0.387 e. The number of alkyl halides is 2. The second-order valence-electron chi connectivity index (χ2n) is 7.86. The maximum absolute atomic E-state index is 14.5. The summed E-state index contributed by atoms with van der Waals surface area (Å²) in [6, 6.07) is 1.98. The van der Waals surface area contributed by atoms with Gasteiger partial charge in [-0.2, -0.15) is 8.78 Å². The van der Waals surface area contributed by atoms with Gasteiger partial charge in [-0.15, -0.1) is 0 Å². The minimum Gasteiger partial charge on any atom is -0.432 e. The first kappa shape index (κ1) is 24.0. The molecule has 1 amide bonds. The van der Waals surface area contributed by atoms with Crippen LogP contribution in [0.1, 0.15) is 46.9 Å². The third kappa shape index (κ3) is 5.83. The number of nitrogens with one attached hydrogen (secondary N) is 2. The summed E-state index contributed by atoms with van der Waals surface area (Å²) in [7, 11) is -3.93. The van der Waals surface area contributed by atoms with Crippen LogP contribution in [-0.2, 0) is 14.8 Å². The predicted molar refractivity (Wildman–Crippen MR) is 116 cm³/mol. The first-order valence-electron chi connectivity index (χ1n) is 10.3. The van der Waals surface area contributed by atoms with Gasteiger partial charge >= 0.3 is 6.61 Å². The zero-order valence-corrected chi connectivity index (χ0v) is 18.8. The molecule has 0 radical (unpaired) electrons. The highest BCUT2D eigenvalue weighted by Gasteiger charge is 2.29. The lowest BCUT2D eigenvalue weighted by molar-refractivity contribution is -0.0496. The Labute approximate surface area is 193 Å². The number of nitrogens with zero attached hydrogens (tertiary/aromatic N) is 2. The van der Waals surface area contributed by atoms with E-state index in [1.165, 1.54) is 6.20 Å². The molecule has 0 atom stereocenters. The average molecular weight is 498 g/mol. The minimum absolute atomic E-state index is 0.0882. The fourth-order valence-electron chi connectivity index (χ4n) is 3.49. The van der Waals surface area contributed by atoms with E-state index in [9.17, 15) is 26.4 Å². The molecule has 9 nitrogen and oxygen atoms in total. The highest BCUT2D eigenvalue weighted by atomic mass is 32.2. The summed E-state index contributed by atoms with van der Waals surface area (Å²) in [5.41, 5.74) is 0.518. The van der Waals surface area contributed by atoms with Crippen molar-refractivity contribution in [3.63, 3.8) is 0 Å². The molecular weight excluding hydrogens is 477 g/mol. The van der Waals surface area contributed by atoms with Crippen LogP contribution in [0.4, 0.5) is 24.7 Å². The van der Waals surface area contributed by atoms with E-state index in [0.29, 0.717) is 24.3 Å². The molecule has 0 spiro atoms. The van der Waals surface area contributed by atoms with Gasteiger partial charge in [0.2, 0.25) is 10.0 Å². The van der Waals surface area contributed by atoms with Crippen molar-refractivity contribution < 1.29 is 35.9 Å². The van der Waals surface area contributed by atoms with Crippen LogP contribution in [0.5, 0.6) is 5.75 Å². The van der Waals surface area contributed by atoms with Gasteiger partial charge in [0.25, 0.3) is 5.91 Å². The topological polar surface area (TPSA) is 120 Å². The second kappa shape index (κ2) is 9.58.